The van der Waals surface area contributed by atoms with E-state index >= 15 is 0 Å². The number of anilines is 2. The summed E-state index contributed by atoms with van der Waals surface area (Å²) in [5, 5.41) is 3.40. The van der Waals surface area contributed by atoms with Crippen LogP contribution in [0.1, 0.15) is 13.3 Å². The van der Waals surface area contributed by atoms with Crippen LogP contribution in [-0.4, -0.2) is 0 Å². The summed E-state index contributed by atoms with van der Waals surface area (Å²) in [6, 6.07) is 18.1. The fourth-order valence-corrected chi connectivity index (χ4v) is 2.30. The molecule has 110 valence electrons. The van der Waals surface area contributed by atoms with Crippen LogP contribution in [0.4, 0.5) is 11.4 Å². The molecule has 0 bridgehead atoms. The van der Waals surface area contributed by atoms with E-state index in [1.165, 1.54) is 5.57 Å². The van der Waals surface area contributed by atoms with Gasteiger partial charge in [-0.15, -0.1) is 0 Å². The van der Waals surface area contributed by atoms with Gasteiger partial charge in [-0.25, -0.2) is 0 Å². The first-order valence-electron chi connectivity index (χ1n) is 7.45. The minimum Gasteiger partial charge on any atom is -0.455 e. The summed E-state index contributed by atoms with van der Waals surface area (Å²) in [6.07, 6.45) is 9.31. The molecule has 0 fully saturated rings. The first-order valence-corrected chi connectivity index (χ1v) is 7.45. The number of ether oxygens (including phenoxy) is 1. The molecule has 0 radical (unpaired) electrons. The van der Waals surface area contributed by atoms with E-state index < -0.39 is 0 Å². The van der Waals surface area contributed by atoms with E-state index in [0.717, 1.165) is 29.3 Å². The normalized spacial score (nSPS) is 13.9. The van der Waals surface area contributed by atoms with Crippen molar-refractivity contribution in [2.75, 3.05) is 5.32 Å². The molecular weight excluding hydrogens is 270 g/mol. The van der Waals surface area contributed by atoms with Crippen LogP contribution in [0, 0.1) is 0 Å². The van der Waals surface area contributed by atoms with Crippen LogP contribution < -0.4 is 10.1 Å². The van der Waals surface area contributed by atoms with Gasteiger partial charge in [-0.2, -0.15) is 0 Å². The molecule has 1 aliphatic carbocycles. The average Bonchev–Trinajstić information content (AvgIpc) is 2.74. The van der Waals surface area contributed by atoms with E-state index in [4.69, 9.17) is 4.74 Å². The van der Waals surface area contributed by atoms with Crippen molar-refractivity contribution in [2.24, 2.45) is 0 Å². The Balaban J connectivity index is 1.84. The highest BCUT2D eigenvalue weighted by atomic mass is 16.5. The Labute approximate surface area is 131 Å². The zero-order valence-corrected chi connectivity index (χ0v) is 12.6. The predicted molar refractivity (Wildman–Crippen MR) is 92.4 cm³/mol. The number of para-hydroxylation sites is 3. The van der Waals surface area contributed by atoms with Gasteiger partial charge in [-0.1, -0.05) is 48.1 Å². The van der Waals surface area contributed by atoms with Crippen molar-refractivity contribution < 1.29 is 4.74 Å². The van der Waals surface area contributed by atoms with Crippen molar-refractivity contribution in [1.29, 1.82) is 0 Å². The third-order valence-corrected chi connectivity index (χ3v) is 3.40. The van der Waals surface area contributed by atoms with Gasteiger partial charge in [0.25, 0.3) is 0 Å². The van der Waals surface area contributed by atoms with Crippen LogP contribution in [0.5, 0.6) is 5.75 Å². The SMILES string of the molecule is CC1=CCC=CC(Oc2ccccc2Nc2ccccc2)=C1. The predicted octanol–water partition coefficient (Wildman–Crippen LogP) is 5.60. The second-order valence-electron chi connectivity index (χ2n) is 5.22. The molecule has 2 aromatic carbocycles. The number of rotatable bonds is 4. The fraction of sp³-hybridized carbons (Fsp3) is 0.100. The first kappa shape index (κ1) is 14.2. The number of hydrogen-bond acceptors (Lipinski definition) is 2. The van der Waals surface area contributed by atoms with E-state index in [1.54, 1.807) is 0 Å². The summed E-state index contributed by atoms with van der Waals surface area (Å²) in [4.78, 5) is 0. The topological polar surface area (TPSA) is 21.3 Å². The maximum absolute atomic E-state index is 6.08. The van der Waals surface area contributed by atoms with Gasteiger partial charge in [0.1, 0.15) is 5.76 Å². The number of nitrogens with one attached hydrogen (secondary N) is 1. The minimum atomic E-state index is 0.817. The maximum atomic E-state index is 6.08. The van der Waals surface area contributed by atoms with Crippen molar-refractivity contribution in [2.45, 2.75) is 13.3 Å². The Morgan fingerprint density at radius 2 is 1.73 bits per heavy atom. The molecule has 0 saturated carbocycles. The lowest BCUT2D eigenvalue weighted by atomic mass is 10.2. The lowest BCUT2D eigenvalue weighted by molar-refractivity contribution is 0.446. The van der Waals surface area contributed by atoms with Crippen LogP contribution >= 0.6 is 0 Å². The van der Waals surface area contributed by atoms with E-state index in [-0.39, 0.29) is 0 Å². The smallest absolute Gasteiger partial charge is 0.150 e. The molecule has 0 saturated heterocycles. The van der Waals surface area contributed by atoms with Gasteiger partial charge in [0, 0.05) is 5.69 Å². The third-order valence-electron chi connectivity index (χ3n) is 3.40. The van der Waals surface area contributed by atoms with Gasteiger partial charge in [0.05, 0.1) is 5.69 Å². The van der Waals surface area contributed by atoms with Gasteiger partial charge in [0.2, 0.25) is 0 Å². The molecule has 0 atom stereocenters. The molecule has 1 aliphatic rings. The van der Waals surface area contributed by atoms with Crippen molar-refractivity contribution in [3.8, 4) is 5.75 Å². The second kappa shape index (κ2) is 6.81. The molecule has 2 aromatic rings. The summed E-state index contributed by atoms with van der Waals surface area (Å²) in [7, 11) is 0. The van der Waals surface area contributed by atoms with Crippen LogP contribution in [0.15, 0.2) is 90.2 Å². The molecule has 0 aromatic heterocycles. The number of allylic oxidation sites excluding steroid dienone is 5. The molecular formula is C20H19NO. The van der Waals surface area contributed by atoms with Crippen LogP contribution in [0.25, 0.3) is 0 Å². The third kappa shape index (κ3) is 3.67. The zero-order valence-electron chi connectivity index (χ0n) is 12.6. The standard InChI is InChI=1S/C20H19NO/c1-16-9-5-6-12-18(15-16)22-20-14-8-7-13-19(20)21-17-10-3-2-4-11-17/h2-4,6-15,21H,5H2,1H3. The lowest BCUT2D eigenvalue weighted by Crippen LogP contribution is -1.97. The summed E-state index contributed by atoms with van der Waals surface area (Å²) in [6.45, 7) is 2.09. The monoisotopic (exact) mass is 289 g/mol. The van der Waals surface area contributed by atoms with Gasteiger partial charge >= 0.3 is 0 Å². The van der Waals surface area contributed by atoms with Crippen LogP contribution in [-0.2, 0) is 0 Å². The summed E-state index contributed by atoms with van der Waals surface area (Å²) in [5.74, 6) is 1.67. The van der Waals surface area contributed by atoms with Crippen molar-refractivity contribution in [1.82, 2.24) is 0 Å². The van der Waals surface area contributed by atoms with Crippen molar-refractivity contribution in [3.05, 3.63) is 90.2 Å². The molecule has 0 aliphatic heterocycles. The highest BCUT2D eigenvalue weighted by molar-refractivity contribution is 5.66. The van der Waals surface area contributed by atoms with E-state index in [1.807, 2.05) is 60.7 Å². The Kier molecular flexibility index (Phi) is 4.40. The molecule has 2 heteroatoms. The largest absolute Gasteiger partial charge is 0.455 e. The van der Waals surface area contributed by atoms with Gasteiger partial charge < -0.3 is 10.1 Å². The van der Waals surface area contributed by atoms with E-state index in [0.29, 0.717) is 0 Å². The average molecular weight is 289 g/mol. The molecule has 0 amide bonds. The minimum absolute atomic E-state index is 0.817. The first-order chi connectivity index (χ1) is 10.8. The zero-order chi connectivity index (χ0) is 15.2. The lowest BCUT2D eigenvalue weighted by Gasteiger charge is -2.13. The van der Waals surface area contributed by atoms with Crippen LogP contribution in [0.2, 0.25) is 0 Å². The quantitative estimate of drug-likeness (QED) is 0.791. The Bertz CT molecular complexity index is 726. The fourth-order valence-electron chi connectivity index (χ4n) is 2.30. The summed E-state index contributed by atoms with van der Waals surface area (Å²) in [5.41, 5.74) is 3.21. The van der Waals surface area contributed by atoms with Gasteiger partial charge in [0.15, 0.2) is 5.75 Å². The molecule has 0 unspecified atom stereocenters. The van der Waals surface area contributed by atoms with Crippen molar-refractivity contribution >= 4 is 11.4 Å². The highest BCUT2D eigenvalue weighted by Gasteiger charge is 2.06. The molecule has 0 heterocycles. The number of benzene rings is 2. The molecule has 2 nitrogen and oxygen atoms in total. The Hall–Kier alpha value is -2.74. The van der Waals surface area contributed by atoms with Gasteiger partial charge in [-0.3, -0.25) is 0 Å². The number of hydrogen-bond donors (Lipinski definition) is 1. The molecule has 3 rings (SSSR count). The van der Waals surface area contributed by atoms with E-state index in [9.17, 15) is 0 Å². The second-order valence-corrected chi connectivity index (χ2v) is 5.22. The van der Waals surface area contributed by atoms with Crippen LogP contribution in [0.3, 0.4) is 0 Å². The molecule has 0 spiro atoms. The van der Waals surface area contributed by atoms with Gasteiger partial charge in [-0.05, 0) is 49.8 Å². The summed E-state index contributed by atoms with van der Waals surface area (Å²) < 4.78 is 6.08. The molecule has 1 N–H and O–H groups in total. The van der Waals surface area contributed by atoms with E-state index in [2.05, 4.69) is 30.5 Å². The Morgan fingerprint density at radius 3 is 2.59 bits per heavy atom. The summed E-state index contributed by atoms with van der Waals surface area (Å²) >= 11 is 0. The highest BCUT2D eigenvalue weighted by Crippen LogP contribution is 2.29. The Morgan fingerprint density at radius 1 is 0.955 bits per heavy atom. The molecule has 22 heavy (non-hydrogen) atoms. The van der Waals surface area contributed by atoms with Crippen molar-refractivity contribution in [3.63, 3.8) is 0 Å². The maximum Gasteiger partial charge on any atom is 0.150 e.